The van der Waals surface area contributed by atoms with Gasteiger partial charge in [-0.05, 0) is 36.4 Å². The fourth-order valence-electron chi connectivity index (χ4n) is 3.89. The number of β-amino-alcohol motifs (C(OH)–C–C–N with tert-alkyl or cyclic N) is 1. The molecule has 28 heavy (non-hydrogen) atoms. The van der Waals surface area contributed by atoms with Crippen molar-refractivity contribution in [3.63, 3.8) is 0 Å². The van der Waals surface area contributed by atoms with Gasteiger partial charge in [0.15, 0.2) is 0 Å². The maximum atomic E-state index is 9.21. The highest BCUT2D eigenvalue weighted by molar-refractivity contribution is 7.13. The third kappa shape index (κ3) is 4.89. The lowest BCUT2D eigenvalue weighted by Crippen LogP contribution is -2.46. The number of nitrogens with one attached hydrogen (secondary N) is 1. The number of piperidine rings is 1. The number of rotatable bonds is 8. The predicted octanol–water partition coefficient (Wildman–Crippen LogP) is 3.21. The summed E-state index contributed by atoms with van der Waals surface area (Å²) in [5.41, 5.74) is 3.59. The van der Waals surface area contributed by atoms with Crippen molar-refractivity contribution in [1.29, 1.82) is 0 Å². The molecular weight excluding hydrogens is 368 g/mol. The molecular formula is C22H28N4OS. The van der Waals surface area contributed by atoms with Gasteiger partial charge in [-0.25, -0.2) is 0 Å². The van der Waals surface area contributed by atoms with Gasteiger partial charge in [-0.3, -0.25) is 9.58 Å². The lowest BCUT2D eigenvalue weighted by molar-refractivity contribution is 0.151. The Bertz CT molecular complexity index is 845. The summed E-state index contributed by atoms with van der Waals surface area (Å²) in [6.45, 7) is 4.71. The van der Waals surface area contributed by atoms with Crippen LogP contribution < -0.4 is 5.32 Å². The van der Waals surface area contributed by atoms with Gasteiger partial charge in [0.2, 0.25) is 0 Å². The zero-order chi connectivity index (χ0) is 19.2. The molecule has 0 saturated carbocycles. The van der Waals surface area contributed by atoms with Gasteiger partial charge in [-0.15, -0.1) is 11.3 Å². The molecule has 4 rings (SSSR count). The molecule has 3 aromatic rings. The van der Waals surface area contributed by atoms with Crippen molar-refractivity contribution >= 4 is 11.3 Å². The van der Waals surface area contributed by atoms with Crippen molar-refractivity contribution in [2.45, 2.75) is 32.0 Å². The Morgan fingerprint density at radius 3 is 2.86 bits per heavy atom. The maximum Gasteiger partial charge on any atom is 0.107 e. The average Bonchev–Trinajstić information content (AvgIpc) is 3.37. The smallest absolute Gasteiger partial charge is 0.107 e. The first-order chi connectivity index (χ1) is 13.8. The number of hydrogen-bond acceptors (Lipinski definition) is 5. The summed E-state index contributed by atoms with van der Waals surface area (Å²) in [6.07, 6.45) is 4.56. The number of thiophene rings is 1. The molecule has 0 radical (unpaired) electrons. The number of hydrogen-bond donors (Lipinski definition) is 2. The summed E-state index contributed by atoms with van der Waals surface area (Å²) >= 11 is 1.74. The fourth-order valence-corrected chi connectivity index (χ4v) is 4.63. The molecule has 1 saturated heterocycles. The summed E-state index contributed by atoms with van der Waals surface area (Å²) in [7, 11) is 0. The van der Waals surface area contributed by atoms with E-state index in [2.05, 4.69) is 62.9 Å². The molecule has 2 aromatic heterocycles. The second kappa shape index (κ2) is 9.47. The second-order valence-electron chi connectivity index (χ2n) is 7.41. The molecule has 1 atom stereocenters. The standard InChI is InChI=1S/C22H28N4OS/c27-12-11-25-10-4-8-20(17-25)23-14-19-16-26(15-18-6-2-1-3-7-18)24-22(19)21-9-5-13-28-21/h1-3,5-7,9,13,16,20,23,27H,4,8,10-12,14-15,17H2. The van der Waals surface area contributed by atoms with E-state index >= 15 is 0 Å². The Balaban J connectivity index is 1.47. The summed E-state index contributed by atoms with van der Waals surface area (Å²) < 4.78 is 2.06. The van der Waals surface area contributed by atoms with E-state index in [4.69, 9.17) is 5.10 Å². The van der Waals surface area contributed by atoms with Crippen LogP contribution in [-0.2, 0) is 13.1 Å². The van der Waals surface area contributed by atoms with Crippen LogP contribution in [0, 0.1) is 0 Å². The van der Waals surface area contributed by atoms with E-state index in [-0.39, 0.29) is 6.61 Å². The van der Waals surface area contributed by atoms with E-state index in [1.165, 1.54) is 28.8 Å². The lowest BCUT2D eigenvalue weighted by Gasteiger charge is -2.32. The number of aromatic nitrogens is 2. The normalized spacial score (nSPS) is 17.8. The van der Waals surface area contributed by atoms with Gasteiger partial charge in [0.05, 0.1) is 18.0 Å². The second-order valence-corrected chi connectivity index (χ2v) is 8.36. The van der Waals surface area contributed by atoms with Crippen LogP contribution in [0.25, 0.3) is 10.6 Å². The first-order valence-corrected chi connectivity index (χ1v) is 10.9. The van der Waals surface area contributed by atoms with Gasteiger partial charge in [0.1, 0.15) is 5.69 Å². The highest BCUT2D eigenvalue weighted by atomic mass is 32.1. The van der Waals surface area contributed by atoms with Gasteiger partial charge in [0, 0.05) is 37.4 Å². The van der Waals surface area contributed by atoms with Gasteiger partial charge in [-0.1, -0.05) is 36.4 Å². The molecule has 1 unspecified atom stereocenters. The fraction of sp³-hybridized carbons (Fsp3) is 0.409. The molecule has 1 fully saturated rings. The summed E-state index contributed by atoms with van der Waals surface area (Å²) in [5, 5.41) is 19.9. The van der Waals surface area contributed by atoms with Crippen LogP contribution in [-0.4, -0.2) is 52.1 Å². The maximum absolute atomic E-state index is 9.21. The number of nitrogens with zero attached hydrogens (tertiary/aromatic N) is 3. The first kappa shape index (κ1) is 19.3. The summed E-state index contributed by atoms with van der Waals surface area (Å²) in [4.78, 5) is 3.56. The van der Waals surface area contributed by atoms with Crippen LogP contribution in [0.2, 0.25) is 0 Å². The Labute approximate surface area is 170 Å². The minimum absolute atomic E-state index is 0.238. The third-order valence-corrected chi connectivity index (χ3v) is 6.16. The minimum atomic E-state index is 0.238. The largest absolute Gasteiger partial charge is 0.395 e. The Morgan fingerprint density at radius 1 is 1.18 bits per heavy atom. The van der Waals surface area contributed by atoms with Crippen LogP contribution in [0.1, 0.15) is 24.0 Å². The zero-order valence-electron chi connectivity index (χ0n) is 16.1. The molecule has 0 amide bonds. The first-order valence-electron chi connectivity index (χ1n) is 10.0. The van der Waals surface area contributed by atoms with Crippen molar-refractivity contribution < 1.29 is 5.11 Å². The average molecular weight is 397 g/mol. The van der Waals surface area contributed by atoms with Crippen LogP contribution in [0.4, 0.5) is 0 Å². The van der Waals surface area contributed by atoms with E-state index in [0.717, 1.165) is 38.4 Å². The Kier molecular flexibility index (Phi) is 6.54. The van der Waals surface area contributed by atoms with E-state index < -0.39 is 0 Å². The monoisotopic (exact) mass is 396 g/mol. The summed E-state index contributed by atoms with van der Waals surface area (Å²) in [5.74, 6) is 0. The van der Waals surface area contributed by atoms with Crippen molar-refractivity contribution in [3.05, 3.63) is 65.2 Å². The van der Waals surface area contributed by atoms with E-state index in [1.807, 2.05) is 6.07 Å². The van der Waals surface area contributed by atoms with Gasteiger partial charge in [0.25, 0.3) is 0 Å². The zero-order valence-corrected chi connectivity index (χ0v) is 16.9. The number of likely N-dealkylation sites (tertiary alicyclic amines) is 1. The molecule has 5 nitrogen and oxygen atoms in total. The number of aliphatic hydroxyl groups excluding tert-OH is 1. The highest BCUT2D eigenvalue weighted by Gasteiger charge is 2.20. The predicted molar refractivity (Wildman–Crippen MR) is 114 cm³/mol. The highest BCUT2D eigenvalue weighted by Crippen LogP contribution is 2.27. The molecule has 6 heteroatoms. The van der Waals surface area contributed by atoms with Crippen LogP contribution in [0.3, 0.4) is 0 Å². The van der Waals surface area contributed by atoms with Crippen molar-refractivity contribution in [2.24, 2.45) is 0 Å². The Morgan fingerprint density at radius 2 is 2.07 bits per heavy atom. The van der Waals surface area contributed by atoms with Crippen molar-refractivity contribution in [1.82, 2.24) is 20.0 Å². The third-order valence-electron chi connectivity index (χ3n) is 5.28. The number of aliphatic hydroxyl groups is 1. The molecule has 0 spiro atoms. The topological polar surface area (TPSA) is 53.3 Å². The SMILES string of the molecule is OCCN1CCCC(NCc2cn(Cc3ccccc3)nc2-c2cccs2)C1. The Hall–Kier alpha value is -1.99. The molecule has 0 bridgehead atoms. The van der Waals surface area contributed by atoms with Crippen LogP contribution in [0.15, 0.2) is 54.0 Å². The van der Waals surface area contributed by atoms with Gasteiger partial charge in [-0.2, -0.15) is 5.10 Å². The molecule has 148 valence electrons. The molecule has 1 aliphatic rings. The molecule has 0 aliphatic carbocycles. The van der Waals surface area contributed by atoms with Crippen molar-refractivity contribution in [2.75, 3.05) is 26.2 Å². The number of benzene rings is 1. The molecule has 2 N–H and O–H groups in total. The minimum Gasteiger partial charge on any atom is -0.395 e. The van der Waals surface area contributed by atoms with E-state index in [1.54, 1.807) is 11.3 Å². The molecule has 1 aromatic carbocycles. The quantitative estimate of drug-likeness (QED) is 0.614. The van der Waals surface area contributed by atoms with Crippen LogP contribution >= 0.6 is 11.3 Å². The van der Waals surface area contributed by atoms with E-state index in [9.17, 15) is 5.11 Å². The van der Waals surface area contributed by atoms with Crippen molar-refractivity contribution in [3.8, 4) is 10.6 Å². The van der Waals surface area contributed by atoms with Gasteiger partial charge >= 0.3 is 0 Å². The molecule has 3 heterocycles. The molecule has 1 aliphatic heterocycles. The van der Waals surface area contributed by atoms with Crippen LogP contribution in [0.5, 0.6) is 0 Å². The summed E-state index contributed by atoms with van der Waals surface area (Å²) in [6, 6.07) is 15.2. The van der Waals surface area contributed by atoms with E-state index in [0.29, 0.717) is 6.04 Å². The van der Waals surface area contributed by atoms with Gasteiger partial charge < -0.3 is 10.4 Å². The lowest BCUT2D eigenvalue weighted by atomic mass is 10.1.